The molecule has 0 radical (unpaired) electrons. The van der Waals surface area contributed by atoms with Crippen LogP contribution in [0.3, 0.4) is 0 Å². The molecule has 214 valence electrons. The van der Waals surface area contributed by atoms with Crippen molar-refractivity contribution < 1.29 is 24.2 Å². The van der Waals surface area contributed by atoms with Crippen molar-refractivity contribution in [1.29, 1.82) is 0 Å². The Bertz CT molecular complexity index is 1250. The summed E-state index contributed by atoms with van der Waals surface area (Å²) >= 11 is 0. The number of aliphatic hydroxyl groups excluding tert-OH is 1. The molecular weight excluding hydrogens is 506 g/mol. The van der Waals surface area contributed by atoms with Gasteiger partial charge in [0.05, 0.1) is 18.6 Å². The lowest BCUT2D eigenvalue weighted by Gasteiger charge is -2.28. The van der Waals surface area contributed by atoms with Crippen LogP contribution in [0, 0.1) is 5.92 Å². The van der Waals surface area contributed by atoms with Crippen molar-refractivity contribution in [2.45, 2.75) is 64.6 Å². The summed E-state index contributed by atoms with van der Waals surface area (Å²) in [5, 5.41) is 21.4. The monoisotopic (exact) mass is 547 g/mol. The Kier molecular flexibility index (Phi) is 12.0. The average molecular weight is 548 g/mol. The highest BCUT2D eigenvalue weighted by Crippen LogP contribution is 2.21. The van der Waals surface area contributed by atoms with E-state index in [0.717, 1.165) is 23.6 Å². The number of carbonyl (C=O) groups is 3. The number of hydrogen-bond donors (Lipinski definition) is 4. The summed E-state index contributed by atoms with van der Waals surface area (Å²) in [5.74, 6) is -0.493. The predicted molar refractivity (Wildman–Crippen MR) is 157 cm³/mol. The van der Waals surface area contributed by atoms with Gasteiger partial charge >= 0.3 is 0 Å². The van der Waals surface area contributed by atoms with E-state index >= 15 is 0 Å². The van der Waals surface area contributed by atoms with E-state index < -0.39 is 30.0 Å². The molecule has 0 saturated carbocycles. The zero-order valence-electron chi connectivity index (χ0n) is 23.6. The van der Waals surface area contributed by atoms with Gasteiger partial charge in [0.15, 0.2) is 6.61 Å². The van der Waals surface area contributed by atoms with E-state index in [0.29, 0.717) is 24.3 Å². The van der Waals surface area contributed by atoms with Crippen LogP contribution in [0.2, 0.25) is 0 Å². The van der Waals surface area contributed by atoms with E-state index in [-0.39, 0.29) is 24.9 Å². The van der Waals surface area contributed by atoms with Gasteiger partial charge in [-0.25, -0.2) is 0 Å². The number of nitrogens with one attached hydrogen (secondary N) is 3. The van der Waals surface area contributed by atoms with Gasteiger partial charge in [0.2, 0.25) is 11.8 Å². The summed E-state index contributed by atoms with van der Waals surface area (Å²) in [6.45, 7) is 6.27. The summed E-state index contributed by atoms with van der Waals surface area (Å²) in [4.78, 5) is 38.7. The molecule has 0 aliphatic rings. The molecular formula is C32H41N3O5. The van der Waals surface area contributed by atoms with Crippen LogP contribution in [0.25, 0.3) is 10.8 Å². The van der Waals surface area contributed by atoms with E-state index in [9.17, 15) is 19.5 Å². The van der Waals surface area contributed by atoms with E-state index in [2.05, 4.69) is 16.0 Å². The molecule has 0 bridgehead atoms. The van der Waals surface area contributed by atoms with Crippen LogP contribution in [0.15, 0.2) is 72.8 Å². The van der Waals surface area contributed by atoms with Crippen LogP contribution in [0.1, 0.15) is 58.1 Å². The van der Waals surface area contributed by atoms with Gasteiger partial charge in [-0.3, -0.25) is 14.4 Å². The maximum Gasteiger partial charge on any atom is 0.258 e. The Balaban J connectivity index is 1.67. The first-order valence-corrected chi connectivity index (χ1v) is 14.0. The molecule has 0 fully saturated rings. The SMILES string of the molecule is CCCCNC(=O)CC(O)C(CC(C)C)NC(=O)[C@@H](NC(=O)COc1ccc2ccccc2c1)c1ccccc1. The summed E-state index contributed by atoms with van der Waals surface area (Å²) in [7, 11) is 0. The number of benzene rings is 3. The minimum absolute atomic E-state index is 0.122. The van der Waals surface area contributed by atoms with Crippen LogP contribution in [0.5, 0.6) is 5.75 Å². The maximum atomic E-state index is 13.5. The Morgan fingerprint density at radius 3 is 2.27 bits per heavy atom. The quantitative estimate of drug-likeness (QED) is 0.212. The summed E-state index contributed by atoms with van der Waals surface area (Å²) in [5.41, 5.74) is 0.592. The van der Waals surface area contributed by atoms with Gasteiger partial charge in [0, 0.05) is 6.54 Å². The number of hydrogen-bond acceptors (Lipinski definition) is 5. The second-order valence-electron chi connectivity index (χ2n) is 10.4. The molecule has 0 spiro atoms. The number of aliphatic hydroxyl groups is 1. The molecule has 0 aliphatic carbocycles. The molecule has 8 heteroatoms. The van der Waals surface area contributed by atoms with E-state index in [4.69, 9.17) is 4.74 Å². The van der Waals surface area contributed by atoms with Crippen molar-refractivity contribution in [3.8, 4) is 5.75 Å². The van der Waals surface area contributed by atoms with Gasteiger partial charge in [0.25, 0.3) is 5.91 Å². The molecule has 0 saturated heterocycles. The topological polar surface area (TPSA) is 117 Å². The van der Waals surface area contributed by atoms with Gasteiger partial charge in [-0.1, -0.05) is 87.9 Å². The first kappa shape index (κ1) is 30.6. The van der Waals surface area contributed by atoms with Crippen LogP contribution in [-0.2, 0) is 14.4 Å². The predicted octanol–water partition coefficient (Wildman–Crippen LogP) is 4.27. The summed E-state index contributed by atoms with van der Waals surface area (Å²) in [6.07, 6.45) is 1.08. The first-order chi connectivity index (χ1) is 19.3. The third-order valence-electron chi connectivity index (χ3n) is 6.56. The third kappa shape index (κ3) is 9.68. The van der Waals surface area contributed by atoms with Crippen LogP contribution < -0.4 is 20.7 Å². The Hall–Kier alpha value is -3.91. The highest BCUT2D eigenvalue weighted by atomic mass is 16.5. The number of carbonyl (C=O) groups excluding carboxylic acids is 3. The molecule has 8 nitrogen and oxygen atoms in total. The van der Waals surface area contributed by atoms with Gasteiger partial charge in [-0.05, 0) is 47.2 Å². The lowest BCUT2D eigenvalue weighted by atomic mass is 9.96. The lowest BCUT2D eigenvalue weighted by molar-refractivity contribution is -0.131. The van der Waals surface area contributed by atoms with Gasteiger partial charge in [-0.2, -0.15) is 0 Å². The molecule has 3 rings (SSSR count). The highest BCUT2D eigenvalue weighted by molar-refractivity contribution is 5.89. The van der Waals surface area contributed by atoms with Crippen molar-refractivity contribution in [2.75, 3.05) is 13.2 Å². The van der Waals surface area contributed by atoms with E-state index in [1.807, 2.05) is 63.2 Å². The van der Waals surface area contributed by atoms with Gasteiger partial charge in [-0.15, -0.1) is 0 Å². The Morgan fingerprint density at radius 1 is 0.875 bits per heavy atom. The molecule has 3 amide bonds. The molecule has 4 N–H and O–H groups in total. The number of amides is 3. The van der Waals surface area contributed by atoms with Crippen molar-refractivity contribution >= 4 is 28.5 Å². The fraction of sp³-hybridized carbons (Fsp3) is 0.406. The second-order valence-corrected chi connectivity index (χ2v) is 10.4. The molecule has 3 atom stereocenters. The summed E-state index contributed by atoms with van der Waals surface area (Å²) < 4.78 is 5.72. The minimum atomic E-state index is -1.07. The smallest absolute Gasteiger partial charge is 0.258 e. The zero-order valence-corrected chi connectivity index (χ0v) is 23.6. The average Bonchev–Trinajstić information content (AvgIpc) is 2.94. The van der Waals surface area contributed by atoms with Crippen molar-refractivity contribution in [1.82, 2.24) is 16.0 Å². The van der Waals surface area contributed by atoms with Crippen molar-refractivity contribution in [3.63, 3.8) is 0 Å². The molecule has 3 aromatic rings. The number of fused-ring (bicyclic) bond motifs is 1. The fourth-order valence-electron chi connectivity index (χ4n) is 4.45. The third-order valence-corrected chi connectivity index (χ3v) is 6.56. The van der Waals surface area contributed by atoms with Crippen molar-refractivity contribution in [3.05, 3.63) is 78.4 Å². The molecule has 40 heavy (non-hydrogen) atoms. The second kappa shape index (κ2) is 15.6. The Morgan fingerprint density at radius 2 is 1.57 bits per heavy atom. The molecule has 0 aliphatic heterocycles. The van der Waals surface area contributed by atoms with E-state index in [1.165, 1.54) is 0 Å². The normalized spacial score (nSPS) is 13.3. The van der Waals surface area contributed by atoms with Crippen molar-refractivity contribution in [2.24, 2.45) is 5.92 Å². The maximum absolute atomic E-state index is 13.5. The first-order valence-electron chi connectivity index (χ1n) is 14.0. The number of unbranched alkanes of at least 4 members (excludes halogenated alkanes) is 1. The molecule has 0 aromatic heterocycles. The lowest BCUT2D eigenvalue weighted by Crippen LogP contribution is -2.50. The molecule has 3 aromatic carbocycles. The standard InChI is InChI=1S/C32H41N3O5/c1-4-5-17-33-29(37)20-28(36)27(18-22(2)3)34-32(39)31(24-12-7-6-8-13-24)35-30(38)21-40-26-16-15-23-11-9-10-14-25(23)19-26/h6-16,19,22,27-28,31,36H,4-5,17-18,20-21H2,1-3H3,(H,33,37)(H,34,39)(H,35,38)/t27?,28?,31-/m0/s1. The number of ether oxygens (including phenoxy) is 1. The van der Waals surface area contributed by atoms with Crippen LogP contribution >= 0.6 is 0 Å². The minimum Gasteiger partial charge on any atom is -0.484 e. The van der Waals surface area contributed by atoms with Crippen LogP contribution in [-0.4, -0.2) is 48.1 Å². The van der Waals surface area contributed by atoms with E-state index in [1.54, 1.807) is 30.3 Å². The molecule has 2 unspecified atom stereocenters. The summed E-state index contributed by atoms with van der Waals surface area (Å²) in [6, 6.07) is 20.7. The zero-order chi connectivity index (χ0) is 28.9. The fourth-order valence-corrected chi connectivity index (χ4v) is 4.45. The number of rotatable bonds is 15. The Labute approximate surface area is 236 Å². The van der Waals surface area contributed by atoms with Gasteiger partial charge < -0.3 is 25.8 Å². The van der Waals surface area contributed by atoms with Gasteiger partial charge in [0.1, 0.15) is 11.8 Å². The molecule has 0 heterocycles. The highest BCUT2D eigenvalue weighted by Gasteiger charge is 2.29. The van der Waals surface area contributed by atoms with Crippen LogP contribution in [0.4, 0.5) is 0 Å². The largest absolute Gasteiger partial charge is 0.484 e.